The largest absolute Gasteiger partial charge is 0.310 e. The fraction of sp³-hybridized carbons (Fsp3) is 0.308. The lowest BCUT2D eigenvalue weighted by Crippen LogP contribution is -2.43. The van der Waals surface area contributed by atoms with Crippen molar-refractivity contribution in [1.29, 1.82) is 0 Å². The van der Waals surface area contributed by atoms with Crippen LogP contribution in [0.3, 0.4) is 0 Å². The van der Waals surface area contributed by atoms with Gasteiger partial charge in [0.25, 0.3) is 0 Å². The van der Waals surface area contributed by atoms with Gasteiger partial charge in [0.1, 0.15) is 0 Å². The summed E-state index contributed by atoms with van der Waals surface area (Å²) < 4.78 is 0. The van der Waals surface area contributed by atoms with Crippen LogP contribution in [0.4, 0.5) is 34.1 Å². The highest BCUT2D eigenvalue weighted by atomic mass is 15.2. The number of aryl methyl sites for hydroxylation is 12. The van der Waals surface area contributed by atoms with Crippen molar-refractivity contribution >= 4 is 34.1 Å². The van der Waals surface area contributed by atoms with E-state index < -0.39 is 0 Å². The minimum absolute atomic E-state index is 0.0843. The van der Waals surface area contributed by atoms with Crippen molar-refractivity contribution < 1.29 is 0 Å². The van der Waals surface area contributed by atoms with Crippen LogP contribution in [0.5, 0.6) is 0 Å². The number of anilines is 6. The van der Waals surface area contributed by atoms with Gasteiger partial charge >= 0.3 is 0 Å². The number of hydrogen-bond acceptors (Lipinski definition) is 2. The first kappa shape index (κ1) is 71.8. The summed E-state index contributed by atoms with van der Waals surface area (Å²) >= 11 is 0. The van der Waals surface area contributed by atoms with Crippen LogP contribution < -0.4 is 9.80 Å². The Morgan fingerprint density at radius 2 is 0.500 bits per heavy atom. The summed E-state index contributed by atoms with van der Waals surface area (Å²) in [6.07, 6.45) is 7.56. The van der Waals surface area contributed by atoms with E-state index in [1.165, 1.54) is 217 Å². The lowest BCUT2D eigenvalue weighted by molar-refractivity contribution is 0.299. The summed E-state index contributed by atoms with van der Waals surface area (Å²) in [6.45, 7) is 45.3. The summed E-state index contributed by atoms with van der Waals surface area (Å²) in [5, 5.41) is 0. The molecule has 0 bridgehead atoms. The third kappa shape index (κ3) is 12.0. The summed E-state index contributed by atoms with van der Waals surface area (Å²) in [7, 11) is 0. The van der Waals surface area contributed by atoms with Gasteiger partial charge in [-0.3, -0.25) is 0 Å². The second-order valence-electron chi connectivity index (χ2n) is 35.4. The molecule has 2 nitrogen and oxygen atoms in total. The maximum Gasteiger partial charge on any atom is 0.0713 e. The first-order valence-corrected chi connectivity index (χ1v) is 39.3. The molecule has 17 rings (SSSR count). The lowest BCUT2D eigenvalue weighted by atomic mass is 9.55. The second-order valence-corrected chi connectivity index (χ2v) is 35.4. The second kappa shape index (κ2) is 26.6. The van der Waals surface area contributed by atoms with Crippen LogP contribution in [0.1, 0.15) is 216 Å². The fourth-order valence-corrected chi connectivity index (χ4v) is 19.8. The van der Waals surface area contributed by atoms with Crippen molar-refractivity contribution in [3.8, 4) is 33.4 Å². The van der Waals surface area contributed by atoms with Crippen molar-refractivity contribution in [2.45, 2.75) is 209 Å². The molecule has 5 aliphatic rings. The molecular weight excluding hydrogens is 1280 g/mol. The molecule has 12 aromatic rings. The van der Waals surface area contributed by atoms with Crippen LogP contribution in [-0.2, 0) is 32.5 Å². The van der Waals surface area contributed by atoms with Crippen LogP contribution >= 0.6 is 0 Å². The highest BCUT2D eigenvalue weighted by molar-refractivity contribution is 5.91. The van der Waals surface area contributed by atoms with Crippen LogP contribution in [-0.4, -0.2) is 0 Å². The van der Waals surface area contributed by atoms with Crippen molar-refractivity contribution in [1.82, 2.24) is 0 Å². The molecule has 5 aliphatic carbocycles. The molecular formula is C104H110N2. The molecule has 12 aromatic carbocycles. The predicted octanol–water partition coefficient (Wildman–Crippen LogP) is 28.5. The standard InChI is InChI=1S/C58H66N2.C29H26.C17H18/c1-37-15-19-45(20-16-37)59(53-39(3)31-43(32-40(53)4)55(7,8)9)47-23-25-49-50-26-24-48(36-52(50)58-29-13-27-57(58,28-14-30-58)51(49)35-47)60(46-21-17-38(2)18-22-46)54-41(5)33-44(34-42(54)6)56(10,11)12;1-19-5-11-23(12-6-19)29(24-13-7-20(2)8-14-24)27-17-21(3)9-15-25(27)26-16-10-22(4)18-28(26)29;1-11-5-7-13-14-8-6-12(2)10-16(14)17(3,4)15(13)9-11/h15-26,31-36H,13-14,27-30H2,1-12H3;5-18H,1-4H3;5-10H,1-4H3. The summed E-state index contributed by atoms with van der Waals surface area (Å²) in [5.74, 6) is 0. The quantitative estimate of drug-likeness (QED) is 0.150. The molecule has 0 radical (unpaired) electrons. The Morgan fingerprint density at radius 1 is 0.255 bits per heavy atom. The summed E-state index contributed by atoms with van der Waals surface area (Å²) in [6, 6.07) is 88.9. The normalized spacial score (nSPS) is 17.2. The van der Waals surface area contributed by atoms with Gasteiger partial charge in [-0.15, -0.1) is 0 Å². The highest BCUT2D eigenvalue weighted by Crippen LogP contribution is 2.70. The average molecular weight is 1390 g/mol. The van der Waals surface area contributed by atoms with Gasteiger partial charge in [-0.2, -0.15) is 0 Å². The molecule has 0 spiro atoms. The molecule has 0 aliphatic heterocycles. The molecule has 2 fully saturated rings. The maximum absolute atomic E-state index is 2.64. The molecule has 2 heteroatoms. The number of rotatable bonds is 8. The van der Waals surface area contributed by atoms with Gasteiger partial charge in [-0.05, 0) is 279 Å². The molecule has 0 atom stereocenters. The van der Waals surface area contributed by atoms with Gasteiger partial charge in [0.15, 0.2) is 0 Å². The van der Waals surface area contributed by atoms with E-state index in [9.17, 15) is 0 Å². The molecule has 106 heavy (non-hydrogen) atoms. The van der Waals surface area contributed by atoms with Crippen LogP contribution in [0.2, 0.25) is 0 Å². The maximum atomic E-state index is 2.64. The Balaban J connectivity index is 0.000000159. The van der Waals surface area contributed by atoms with Gasteiger partial charge in [-0.1, -0.05) is 295 Å². The molecule has 0 amide bonds. The number of fused-ring (bicyclic) bond motifs is 9. The fourth-order valence-electron chi connectivity index (χ4n) is 19.8. The average Bonchev–Trinajstić information content (AvgIpc) is 1.51. The SMILES string of the molecule is Cc1ccc(C2(c3ccc(C)cc3)c3cc(C)ccc3-c3ccc(C)cc32)cc1.Cc1ccc(N(c2ccc3c(c2)C24CCCC2(CCC4)c2cc(N(c4ccc(C)cc4)c4c(C)cc(C(C)(C)C)cc4C)ccc2-3)c2c(C)cc(C(C)(C)C)cc2C)cc1.Cc1ccc2c(c1)C(C)(C)c1cc(C)ccc1-2. The van der Waals surface area contributed by atoms with E-state index in [4.69, 9.17) is 0 Å². The van der Waals surface area contributed by atoms with Crippen LogP contribution in [0.15, 0.2) is 231 Å². The number of nitrogens with zero attached hydrogens (tertiary/aromatic N) is 2. The number of benzene rings is 12. The van der Waals surface area contributed by atoms with Gasteiger partial charge in [0.05, 0.1) is 16.8 Å². The first-order valence-electron chi connectivity index (χ1n) is 39.3. The highest BCUT2D eigenvalue weighted by Gasteiger charge is 2.62. The van der Waals surface area contributed by atoms with E-state index in [1.54, 1.807) is 11.1 Å². The Labute approximate surface area is 635 Å². The molecule has 2 saturated carbocycles. The Morgan fingerprint density at radius 3 is 0.802 bits per heavy atom. The van der Waals surface area contributed by atoms with Gasteiger partial charge < -0.3 is 9.80 Å². The third-order valence-corrected chi connectivity index (χ3v) is 25.3. The minimum Gasteiger partial charge on any atom is -0.310 e. The van der Waals surface area contributed by atoms with Gasteiger partial charge in [-0.25, -0.2) is 0 Å². The summed E-state index contributed by atoms with van der Waals surface area (Å²) in [4.78, 5) is 5.12. The number of hydrogen-bond donors (Lipinski definition) is 0. The monoisotopic (exact) mass is 1390 g/mol. The van der Waals surface area contributed by atoms with Gasteiger partial charge in [0.2, 0.25) is 0 Å². The van der Waals surface area contributed by atoms with Crippen molar-refractivity contribution in [3.05, 3.63) is 353 Å². The molecule has 0 saturated heterocycles. The predicted molar refractivity (Wildman–Crippen MR) is 454 cm³/mol. The topological polar surface area (TPSA) is 6.48 Å². The van der Waals surface area contributed by atoms with E-state index >= 15 is 0 Å². The Kier molecular flexibility index (Phi) is 18.0. The van der Waals surface area contributed by atoms with E-state index in [1.807, 2.05) is 0 Å². The van der Waals surface area contributed by atoms with Gasteiger partial charge in [0, 0.05) is 39.0 Å². The van der Waals surface area contributed by atoms with Crippen molar-refractivity contribution in [3.63, 3.8) is 0 Å². The summed E-state index contributed by atoms with van der Waals surface area (Å²) in [5.41, 5.74) is 46.3. The molecule has 0 heterocycles. The third-order valence-electron chi connectivity index (χ3n) is 25.3. The van der Waals surface area contributed by atoms with Crippen molar-refractivity contribution in [2.75, 3.05) is 9.80 Å². The molecule has 0 aromatic heterocycles. The van der Waals surface area contributed by atoms with E-state index in [-0.39, 0.29) is 32.5 Å². The van der Waals surface area contributed by atoms with Crippen molar-refractivity contribution in [2.24, 2.45) is 0 Å². The Hall–Kier alpha value is -9.76. The first-order chi connectivity index (χ1) is 50.4. The zero-order valence-electron chi connectivity index (χ0n) is 67.1. The molecule has 536 valence electrons. The smallest absolute Gasteiger partial charge is 0.0713 e. The van der Waals surface area contributed by atoms with Crippen LogP contribution in [0.25, 0.3) is 33.4 Å². The minimum atomic E-state index is -0.288. The molecule has 0 N–H and O–H groups in total. The Bertz CT molecular complexity index is 5010. The van der Waals surface area contributed by atoms with Crippen LogP contribution in [0, 0.1) is 83.1 Å². The van der Waals surface area contributed by atoms with E-state index in [2.05, 4.69) is 379 Å². The van der Waals surface area contributed by atoms with E-state index in [0.717, 1.165) is 0 Å². The molecule has 0 unspecified atom stereocenters. The zero-order valence-corrected chi connectivity index (χ0v) is 67.1. The zero-order chi connectivity index (χ0) is 74.9. The lowest BCUT2D eigenvalue weighted by Gasteiger charge is -2.48. The van der Waals surface area contributed by atoms with E-state index in [0.29, 0.717) is 0 Å².